The number of rotatable bonds is 7. The fourth-order valence-electron chi connectivity index (χ4n) is 3.91. The second-order valence-electron chi connectivity index (χ2n) is 8.30. The van der Waals surface area contributed by atoms with Gasteiger partial charge in [-0.1, -0.05) is 12.1 Å². The zero-order valence-electron chi connectivity index (χ0n) is 18.5. The highest BCUT2D eigenvalue weighted by molar-refractivity contribution is 7.89. The molecule has 1 fully saturated rings. The smallest absolute Gasteiger partial charge is 0.262 e. The number of fused-ring (bicyclic) bond motifs is 1. The fourth-order valence-corrected chi connectivity index (χ4v) is 5.60. The van der Waals surface area contributed by atoms with E-state index in [9.17, 15) is 18.0 Å². The van der Waals surface area contributed by atoms with E-state index in [-0.39, 0.29) is 42.5 Å². The maximum atomic E-state index is 13.3. The van der Waals surface area contributed by atoms with Gasteiger partial charge in [0.15, 0.2) is 6.61 Å². The Morgan fingerprint density at radius 2 is 2.00 bits per heavy atom. The number of carbonyl (C=O) groups is 2. The van der Waals surface area contributed by atoms with Crippen LogP contribution in [0.3, 0.4) is 0 Å². The molecule has 2 N–H and O–H groups in total. The molecule has 0 radical (unpaired) electrons. The Labute approximate surface area is 193 Å². The van der Waals surface area contributed by atoms with E-state index in [2.05, 4.69) is 10.6 Å². The molecule has 0 saturated carbocycles. The summed E-state index contributed by atoms with van der Waals surface area (Å²) < 4.78 is 38.7. The topological polar surface area (TPSA) is 114 Å². The Bertz CT molecular complexity index is 1150. The Morgan fingerprint density at radius 1 is 1.24 bits per heavy atom. The Morgan fingerprint density at radius 3 is 2.73 bits per heavy atom. The number of nitrogens with one attached hydrogen (secondary N) is 2. The third-order valence-corrected chi connectivity index (χ3v) is 7.36. The summed E-state index contributed by atoms with van der Waals surface area (Å²) in [4.78, 5) is 24.5. The summed E-state index contributed by atoms with van der Waals surface area (Å²) in [5.41, 5.74) is 1.19. The molecule has 9 nitrogen and oxygen atoms in total. The van der Waals surface area contributed by atoms with Crippen molar-refractivity contribution in [2.75, 3.05) is 18.5 Å². The van der Waals surface area contributed by atoms with E-state index in [1.165, 1.54) is 22.5 Å². The Balaban J connectivity index is 1.44. The highest BCUT2D eigenvalue weighted by atomic mass is 32.2. The summed E-state index contributed by atoms with van der Waals surface area (Å²) in [6.45, 7) is 4.32. The van der Waals surface area contributed by atoms with Crippen LogP contribution in [0.25, 0.3) is 0 Å². The van der Waals surface area contributed by atoms with Crippen molar-refractivity contribution in [2.24, 2.45) is 0 Å². The van der Waals surface area contributed by atoms with Gasteiger partial charge in [0.2, 0.25) is 15.9 Å². The summed E-state index contributed by atoms with van der Waals surface area (Å²) in [6, 6.07) is 10.9. The van der Waals surface area contributed by atoms with Crippen LogP contribution < -0.4 is 20.1 Å². The lowest BCUT2D eigenvalue weighted by molar-refractivity contribution is -0.124. The van der Waals surface area contributed by atoms with Gasteiger partial charge in [0, 0.05) is 13.1 Å². The number of carbonyl (C=O) groups excluding carboxylic acids is 2. The maximum Gasteiger partial charge on any atom is 0.262 e. The molecule has 1 atom stereocenters. The van der Waals surface area contributed by atoms with Crippen LogP contribution in [0.1, 0.15) is 32.3 Å². The minimum absolute atomic E-state index is 0.00694. The van der Waals surface area contributed by atoms with Crippen molar-refractivity contribution in [1.82, 2.24) is 9.62 Å². The highest BCUT2D eigenvalue weighted by Gasteiger charge is 2.39. The molecule has 10 heteroatoms. The molecule has 2 amide bonds. The molecule has 0 aromatic heterocycles. The van der Waals surface area contributed by atoms with Crippen molar-refractivity contribution in [2.45, 2.75) is 50.3 Å². The quantitative estimate of drug-likeness (QED) is 0.638. The third kappa shape index (κ3) is 5.12. The van der Waals surface area contributed by atoms with E-state index in [1.54, 1.807) is 0 Å². The van der Waals surface area contributed by atoms with Gasteiger partial charge in [0.25, 0.3) is 5.91 Å². The molecule has 0 spiro atoms. The minimum Gasteiger partial charge on any atom is -0.491 e. The van der Waals surface area contributed by atoms with E-state index in [0.29, 0.717) is 24.3 Å². The number of anilines is 1. The second-order valence-corrected chi connectivity index (χ2v) is 10.2. The average molecular weight is 474 g/mol. The molecule has 0 bridgehead atoms. The first kappa shape index (κ1) is 23.1. The van der Waals surface area contributed by atoms with Crippen molar-refractivity contribution in [3.05, 3.63) is 48.0 Å². The van der Waals surface area contributed by atoms with E-state index in [1.807, 2.05) is 38.1 Å². The molecule has 0 unspecified atom stereocenters. The van der Waals surface area contributed by atoms with E-state index in [4.69, 9.17) is 9.47 Å². The molecule has 2 heterocycles. The van der Waals surface area contributed by atoms with Crippen LogP contribution in [0.4, 0.5) is 5.69 Å². The maximum absolute atomic E-state index is 13.3. The van der Waals surface area contributed by atoms with Gasteiger partial charge in [-0.05, 0) is 62.6 Å². The van der Waals surface area contributed by atoms with Crippen LogP contribution in [0.5, 0.6) is 11.5 Å². The molecule has 176 valence electrons. The highest BCUT2D eigenvalue weighted by Crippen LogP contribution is 2.33. The lowest BCUT2D eigenvalue weighted by atomic mass is 10.2. The molecule has 2 aliphatic rings. The van der Waals surface area contributed by atoms with Gasteiger partial charge in [-0.15, -0.1) is 0 Å². The Kier molecular flexibility index (Phi) is 6.57. The van der Waals surface area contributed by atoms with Crippen LogP contribution in [-0.2, 0) is 26.2 Å². The largest absolute Gasteiger partial charge is 0.491 e. The summed E-state index contributed by atoms with van der Waals surface area (Å²) in [5, 5.41) is 5.46. The first-order valence-electron chi connectivity index (χ1n) is 10.9. The molecule has 2 aromatic rings. The number of hydrogen-bond acceptors (Lipinski definition) is 6. The van der Waals surface area contributed by atoms with Gasteiger partial charge >= 0.3 is 0 Å². The number of ether oxygens (including phenoxy) is 2. The summed E-state index contributed by atoms with van der Waals surface area (Å²) in [6.07, 6.45) is 1.10. The first-order chi connectivity index (χ1) is 15.7. The average Bonchev–Trinajstić information content (AvgIpc) is 3.28. The zero-order valence-corrected chi connectivity index (χ0v) is 19.4. The van der Waals surface area contributed by atoms with Gasteiger partial charge in [-0.2, -0.15) is 4.31 Å². The summed E-state index contributed by atoms with van der Waals surface area (Å²) in [5.74, 6) is 0.473. The SMILES string of the molecule is CC(C)Oc1ccc(CNC(=O)[C@H]2CCCN2S(=O)(=O)c2ccc3c(c2)NC(=O)CO3)cc1. The minimum atomic E-state index is -3.93. The fraction of sp³-hybridized carbons (Fsp3) is 0.391. The van der Waals surface area contributed by atoms with Crippen LogP contribution >= 0.6 is 0 Å². The van der Waals surface area contributed by atoms with Crippen molar-refractivity contribution in [3.8, 4) is 11.5 Å². The van der Waals surface area contributed by atoms with Gasteiger partial charge in [-0.25, -0.2) is 8.42 Å². The molecule has 2 aliphatic heterocycles. The lowest BCUT2D eigenvalue weighted by Gasteiger charge is -2.24. The van der Waals surface area contributed by atoms with Gasteiger partial charge < -0.3 is 20.1 Å². The number of sulfonamides is 1. The molecule has 4 rings (SSSR count). The van der Waals surface area contributed by atoms with Crippen molar-refractivity contribution < 1.29 is 27.5 Å². The first-order valence-corrected chi connectivity index (χ1v) is 12.3. The Hall–Kier alpha value is -3.11. The van der Waals surface area contributed by atoms with Crippen LogP contribution in [-0.4, -0.2) is 49.8 Å². The van der Waals surface area contributed by atoms with Crippen LogP contribution in [0.2, 0.25) is 0 Å². The normalized spacial score (nSPS) is 18.4. The number of benzene rings is 2. The van der Waals surface area contributed by atoms with Crippen molar-refractivity contribution in [1.29, 1.82) is 0 Å². The molecule has 2 aromatic carbocycles. The predicted octanol–water partition coefficient (Wildman–Crippen LogP) is 2.27. The summed E-state index contributed by atoms with van der Waals surface area (Å²) in [7, 11) is -3.93. The van der Waals surface area contributed by atoms with E-state index >= 15 is 0 Å². The molecule has 1 saturated heterocycles. The third-order valence-electron chi connectivity index (χ3n) is 5.46. The van der Waals surface area contributed by atoms with Crippen LogP contribution in [0.15, 0.2) is 47.4 Å². The number of hydrogen-bond donors (Lipinski definition) is 2. The van der Waals surface area contributed by atoms with E-state index in [0.717, 1.165) is 11.3 Å². The van der Waals surface area contributed by atoms with E-state index < -0.39 is 16.1 Å². The monoisotopic (exact) mass is 473 g/mol. The van der Waals surface area contributed by atoms with Crippen molar-refractivity contribution in [3.63, 3.8) is 0 Å². The molecular formula is C23H27N3O6S. The number of amides is 2. The van der Waals surface area contributed by atoms with Crippen LogP contribution in [0, 0.1) is 0 Å². The van der Waals surface area contributed by atoms with Gasteiger partial charge in [-0.3, -0.25) is 9.59 Å². The van der Waals surface area contributed by atoms with Gasteiger partial charge in [0.05, 0.1) is 16.7 Å². The van der Waals surface area contributed by atoms with Crippen molar-refractivity contribution >= 4 is 27.5 Å². The number of nitrogens with zero attached hydrogens (tertiary/aromatic N) is 1. The molecule has 33 heavy (non-hydrogen) atoms. The predicted molar refractivity (Wildman–Crippen MR) is 122 cm³/mol. The standard InChI is InChI=1S/C23H27N3O6S/c1-15(2)32-17-7-5-16(6-8-17)13-24-23(28)20-4-3-11-26(20)33(29,30)18-9-10-21-19(12-18)25-22(27)14-31-21/h5-10,12,15,20H,3-4,11,13-14H2,1-2H3,(H,24,28)(H,25,27)/t20-/m1/s1. The summed E-state index contributed by atoms with van der Waals surface area (Å²) >= 11 is 0. The molecule has 0 aliphatic carbocycles. The zero-order chi connectivity index (χ0) is 23.6. The van der Waals surface area contributed by atoms with Gasteiger partial charge in [0.1, 0.15) is 17.5 Å². The second kappa shape index (κ2) is 9.40. The molecular weight excluding hydrogens is 446 g/mol. The lowest BCUT2D eigenvalue weighted by Crippen LogP contribution is -2.45.